The first-order chi connectivity index (χ1) is 18.3. The summed E-state index contributed by atoms with van der Waals surface area (Å²) in [5.41, 5.74) is 6.11. The molecule has 5 aromatic carbocycles. The lowest BCUT2D eigenvalue weighted by Gasteiger charge is -2.19. The highest BCUT2D eigenvalue weighted by atomic mass is 31.2. The molecule has 174 valence electrons. The summed E-state index contributed by atoms with van der Waals surface area (Å²) in [5, 5.41) is 6.02. The molecule has 1 aliphatic heterocycles. The Hall–Kier alpha value is -4.46. The van der Waals surface area contributed by atoms with Crippen LogP contribution in [0.5, 0.6) is 0 Å². The van der Waals surface area contributed by atoms with Gasteiger partial charge in [-0.3, -0.25) is 4.98 Å². The topological polar surface area (TPSA) is 34.9 Å². The van der Waals surface area contributed by atoms with Crippen molar-refractivity contribution < 1.29 is 4.57 Å². The maximum absolute atomic E-state index is 15.6. The first-order valence-corrected chi connectivity index (χ1v) is 14.1. The van der Waals surface area contributed by atoms with Crippen LogP contribution in [0.2, 0.25) is 0 Å². The fourth-order valence-electron chi connectivity index (χ4n) is 6.10. The Morgan fingerprint density at radius 1 is 0.622 bits per heavy atom. The lowest BCUT2D eigenvalue weighted by molar-refractivity contribution is 0.593. The van der Waals surface area contributed by atoms with Gasteiger partial charge in [0.15, 0.2) is 7.14 Å². The van der Waals surface area contributed by atoms with Crippen LogP contribution in [0.3, 0.4) is 0 Å². The third-order valence-electron chi connectivity index (χ3n) is 7.63. The second-order valence-electron chi connectivity index (χ2n) is 9.52. The number of fused-ring (bicyclic) bond motifs is 8. The molecule has 0 bridgehead atoms. The summed E-state index contributed by atoms with van der Waals surface area (Å²) in [6.45, 7) is 0. The number of rotatable bonds is 2. The van der Waals surface area contributed by atoms with E-state index in [0.29, 0.717) is 0 Å². The molecule has 2 aromatic heterocycles. The van der Waals surface area contributed by atoms with Crippen LogP contribution in [0.4, 0.5) is 0 Å². The van der Waals surface area contributed by atoms with Crippen LogP contribution in [-0.4, -0.2) is 9.55 Å². The van der Waals surface area contributed by atoms with Gasteiger partial charge in [0.1, 0.15) is 0 Å². The molecule has 7 aromatic rings. The number of pyridine rings is 1. The molecule has 3 heterocycles. The molecule has 37 heavy (non-hydrogen) atoms. The Labute approximate surface area is 214 Å². The van der Waals surface area contributed by atoms with Gasteiger partial charge in [0.2, 0.25) is 0 Å². The molecule has 1 unspecified atom stereocenters. The van der Waals surface area contributed by atoms with Gasteiger partial charge in [-0.2, -0.15) is 0 Å². The molecular weight excluding hydrogens is 471 g/mol. The van der Waals surface area contributed by atoms with Gasteiger partial charge >= 0.3 is 0 Å². The van der Waals surface area contributed by atoms with Crippen molar-refractivity contribution in [3.05, 3.63) is 128 Å². The van der Waals surface area contributed by atoms with Crippen molar-refractivity contribution in [3.8, 4) is 16.8 Å². The zero-order valence-corrected chi connectivity index (χ0v) is 20.8. The van der Waals surface area contributed by atoms with Crippen LogP contribution in [-0.2, 0) is 4.57 Å². The SMILES string of the molecule is O=P1(c2ccccc2)c2ccccc2-c2ccc3c4ccccc4n(-c4cccc5cccnc45)c3c21. The van der Waals surface area contributed by atoms with Crippen molar-refractivity contribution in [2.75, 3.05) is 0 Å². The quantitative estimate of drug-likeness (QED) is 0.245. The minimum atomic E-state index is -3.15. The van der Waals surface area contributed by atoms with Gasteiger partial charge in [0, 0.05) is 33.0 Å². The third kappa shape index (κ3) is 2.67. The van der Waals surface area contributed by atoms with Gasteiger partial charge in [-0.05, 0) is 29.3 Å². The van der Waals surface area contributed by atoms with Gasteiger partial charge in [-0.1, -0.05) is 103 Å². The smallest absolute Gasteiger partial charge is 0.174 e. The van der Waals surface area contributed by atoms with Crippen molar-refractivity contribution in [2.45, 2.75) is 0 Å². The van der Waals surface area contributed by atoms with Gasteiger partial charge in [0.25, 0.3) is 0 Å². The normalized spacial score (nSPS) is 16.3. The van der Waals surface area contributed by atoms with E-state index in [4.69, 9.17) is 4.98 Å². The van der Waals surface area contributed by atoms with Crippen LogP contribution in [0, 0.1) is 0 Å². The number of hydrogen-bond acceptors (Lipinski definition) is 2. The Morgan fingerprint density at radius 3 is 2.32 bits per heavy atom. The Bertz CT molecular complexity index is 2070. The van der Waals surface area contributed by atoms with E-state index in [0.717, 1.165) is 65.4 Å². The molecule has 0 amide bonds. The van der Waals surface area contributed by atoms with Crippen molar-refractivity contribution in [1.29, 1.82) is 0 Å². The van der Waals surface area contributed by atoms with E-state index in [9.17, 15) is 0 Å². The molecule has 3 nitrogen and oxygen atoms in total. The van der Waals surface area contributed by atoms with Crippen LogP contribution in [0.25, 0.3) is 49.5 Å². The van der Waals surface area contributed by atoms with E-state index in [2.05, 4.69) is 71.3 Å². The molecule has 0 saturated heterocycles. The summed E-state index contributed by atoms with van der Waals surface area (Å²) in [5.74, 6) is 0. The van der Waals surface area contributed by atoms with Gasteiger partial charge < -0.3 is 9.13 Å². The van der Waals surface area contributed by atoms with Crippen LogP contribution < -0.4 is 15.9 Å². The number of para-hydroxylation sites is 2. The van der Waals surface area contributed by atoms with Crippen molar-refractivity contribution >= 4 is 55.8 Å². The molecule has 0 fully saturated rings. The molecule has 1 atom stereocenters. The lowest BCUT2D eigenvalue weighted by Crippen LogP contribution is -2.22. The van der Waals surface area contributed by atoms with Crippen LogP contribution in [0.1, 0.15) is 0 Å². The standard InChI is InChI=1S/C33H21N2OP/c36-37(23-12-2-1-3-13-23)30-18-7-5-15-25(30)27-20-19-26-24-14-4-6-16-28(24)35(32(26)33(27)37)29-17-8-10-22-11-9-21-34-31(22)29/h1-21H. The van der Waals surface area contributed by atoms with E-state index in [1.54, 1.807) is 0 Å². The summed E-state index contributed by atoms with van der Waals surface area (Å²) < 4.78 is 17.9. The molecule has 0 saturated carbocycles. The Balaban J connectivity index is 1.63. The number of hydrogen-bond donors (Lipinski definition) is 0. The first-order valence-electron chi connectivity index (χ1n) is 12.4. The maximum Gasteiger partial charge on any atom is 0.174 e. The molecule has 0 spiro atoms. The fourth-order valence-corrected chi connectivity index (χ4v) is 9.35. The Morgan fingerprint density at radius 2 is 1.41 bits per heavy atom. The third-order valence-corrected chi connectivity index (χ3v) is 10.8. The summed E-state index contributed by atoms with van der Waals surface area (Å²) >= 11 is 0. The van der Waals surface area contributed by atoms with E-state index in [1.165, 1.54) is 0 Å². The summed E-state index contributed by atoms with van der Waals surface area (Å²) in [4.78, 5) is 4.79. The Kier molecular flexibility index (Phi) is 4.21. The predicted octanol–water partition coefficient (Wildman–Crippen LogP) is 6.95. The highest BCUT2D eigenvalue weighted by molar-refractivity contribution is 7.86. The van der Waals surface area contributed by atoms with Crippen LogP contribution in [0.15, 0.2) is 128 Å². The van der Waals surface area contributed by atoms with Crippen molar-refractivity contribution in [3.63, 3.8) is 0 Å². The summed E-state index contributed by atoms with van der Waals surface area (Å²) in [7, 11) is -3.15. The zero-order valence-electron chi connectivity index (χ0n) is 19.9. The molecule has 0 radical (unpaired) electrons. The molecule has 0 N–H and O–H groups in total. The molecule has 8 rings (SSSR count). The first kappa shape index (κ1) is 20.7. The molecular formula is C33H21N2OP. The van der Waals surface area contributed by atoms with Gasteiger partial charge in [-0.15, -0.1) is 0 Å². The van der Waals surface area contributed by atoms with E-state index < -0.39 is 7.14 Å². The minimum absolute atomic E-state index is 0.863. The molecule has 0 aliphatic carbocycles. The number of nitrogens with zero attached hydrogens (tertiary/aromatic N) is 2. The largest absolute Gasteiger partial charge is 0.309 e. The second kappa shape index (κ2) is 7.52. The van der Waals surface area contributed by atoms with Gasteiger partial charge in [-0.25, -0.2) is 0 Å². The van der Waals surface area contributed by atoms with E-state index >= 15 is 4.57 Å². The second-order valence-corrected chi connectivity index (χ2v) is 12.2. The highest BCUT2D eigenvalue weighted by Crippen LogP contribution is 2.54. The monoisotopic (exact) mass is 492 g/mol. The maximum atomic E-state index is 15.6. The van der Waals surface area contributed by atoms with Gasteiger partial charge in [0.05, 0.1) is 27.5 Å². The number of aromatic nitrogens is 2. The average Bonchev–Trinajstić information content (AvgIpc) is 3.44. The van der Waals surface area contributed by atoms with Crippen LogP contribution >= 0.6 is 7.14 Å². The molecule has 1 aliphatic rings. The average molecular weight is 493 g/mol. The highest BCUT2D eigenvalue weighted by Gasteiger charge is 2.42. The predicted molar refractivity (Wildman–Crippen MR) is 154 cm³/mol. The minimum Gasteiger partial charge on any atom is -0.309 e. The zero-order chi connectivity index (χ0) is 24.6. The molecule has 4 heteroatoms. The van der Waals surface area contributed by atoms with Crippen molar-refractivity contribution in [2.24, 2.45) is 0 Å². The fraction of sp³-hybridized carbons (Fsp3) is 0. The van der Waals surface area contributed by atoms with E-state index in [-0.39, 0.29) is 0 Å². The summed E-state index contributed by atoms with van der Waals surface area (Å²) in [6.07, 6.45) is 1.84. The number of benzene rings is 5. The van der Waals surface area contributed by atoms with Crippen molar-refractivity contribution in [1.82, 2.24) is 9.55 Å². The lowest BCUT2D eigenvalue weighted by atomic mass is 10.0. The van der Waals surface area contributed by atoms with E-state index in [1.807, 2.05) is 60.8 Å². The summed E-state index contributed by atoms with van der Waals surface area (Å²) in [6, 6.07) is 41.3.